The molecule has 1 aliphatic rings. The van der Waals surface area contributed by atoms with Crippen LogP contribution in [0.5, 0.6) is 5.75 Å². The lowest BCUT2D eigenvalue weighted by molar-refractivity contribution is -0.124. The predicted molar refractivity (Wildman–Crippen MR) is 162 cm³/mol. The van der Waals surface area contributed by atoms with Crippen molar-refractivity contribution in [2.45, 2.75) is 44.7 Å². The molecule has 1 aliphatic carbocycles. The van der Waals surface area contributed by atoms with Crippen molar-refractivity contribution in [1.82, 2.24) is 19.4 Å². The van der Waals surface area contributed by atoms with Gasteiger partial charge in [0.25, 0.3) is 0 Å². The number of rotatable bonds is 10. The van der Waals surface area contributed by atoms with Gasteiger partial charge in [-0.1, -0.05) is 29.8 Å². The third-order valence-electron chi connectivity index (χ3n) is 7.57. The molecule has 12 heteroatoms. The van der Waals surface area contributed by atoms with Crippen molar-refractivity contribution in [1.29, 1.82) is 5.41 Å². The zero-order valence-electron chi connectivity index (χ0n) is 23.0. The Morgan fingerprint density at radius 1 is 1.24 bits per heavy atom. The SMILES string of the molecule is Cc1cc(Cl)ccc1OCN(C=O)C1CCCC(n2c(-c3ccccc3C(N)=O)nc3cnc(C(N)=NC=N)cc32)C1. The number of hydrogen-bond donors (Lipinski definition) is 3. The van der Waals surface area contributed by atoms with Crippen LogP contribution in [0.2, 0.25) is 5.02 Å². The summed E-state index contributed by atoms with van der Waals surface area (Å²) in [7, 11) is 0. The standard InChI is InChI=1S/C30H31ClN8O3/c1-18-11-19(31)9-10-27(18)42-17-38(16-40)20-5-4-6-21(12-20)39-26-13-24(28(33)36-15-32)35-14-25(26)37-30(39)23-8-3-2-7-22(23)29(34)41/h2-3,7-11,13-16,20-21H,4-6,12,17H2,1H3,(H2,34,41)(H3,32,33,36). The molecule has 0 radical (unpaired) electrons. The largest absolute Gasteiger partial charge is 0.473 e. The number of nitrogens with zero attached hydrogens (tertiary/aromatic N) is 5. The van der Waals surface area contributed by atoms with Crippen molar-refractivity contribution in [2.24, 2.45) is 16.5 Å². The number of halogens is 1. The van der Waals surface area contributed by atoms with E-state index in [0.717, 1.165) is 43.1 Å². The number of aromatic nitrogens is 3. The Hall–Kier alpha value is -4.77. The van der Waals surface area contributed by atoms with Crippen LogP contribution < -0.4 is 16.2 Å². The molecule has 2 heterocycles. The van der Waals surface area contributed by atoms with Crippen LogP contribution in [0.25, 0.3) is 22.4 Å². The number of amidine groups is 1. The number of imidazole rings is 1. The molecule has 5 N–H and O–H groups in total. The zero-order valence-corrected chi connectivity index (χ0v) is 23.8. The minimum Gasteiger partial charge on any atom is -0.473 e. The monoisotopic (exact) mass is 586 g/mol. The smallest absolute Gasteiger partial charge is 0.249 e. The topological polar surface area (TPSA) is 166 Å². The number of carbonyl (C=O) groups is 2. The van der Waals surface area contributed by atoms with Gasteiger partial charge >= 0.3 is 0 Å². The van der Waals surface area contributed by atoms with E-state index in [1.165, 1.54) is 0 Å². The fourth-order valence-corrected chi connectivity index (χ4v) is 5.77. The summed E-state index contributed by atoms with van der Waals surface area (Å²) in [6.45, 7) is 2.00. The molecule has 2 unspecified atom stereocenters. The number of primary amides is 1. The van der Waals surface area contributed by atoms with Crippen molar-refractivity contribution >= 4 is 47.1 Å². The summed E-state index contributed by atoms with van der Waals surface area (Å²) in [6, 6.07) is 14.0. The van der Waals surface area contributed by atoms with Crippen molar-refractivity contribution < 1.29 is 14.3 Å². The van der Waals surface area contributed by atoms with Crippen LogP contribution in [0, 0.1) is 12.3 Å². The van der Waals surface area contributed by atoms with Gasteiger partial charge in [-0.15, -0.1) is 0 Å². The van der Waals surface area contributed by atoms with Gasteiger partial charge in [0.1, 0.15) is 29.1 Å². The van der Waals surface area contributed by atoms with E-state index in [0.29, 0.717) is 45.4 Å². The molecular formula is C30H31ClN8O3. The molecule has 0 aliphatic heterocycles. The summed E-state index contributed by atoms with van der Waals surface area (Å²) in [5.41, 5.74) is 15.4. The summed E-state index contributed by atoms with van der Waals surface area (Å²) in [4.78, 5) is 39.5. The molecule has 5 rings (SSSR count). The van der Waals surface area contributed by atoms with Gasteiger partial charge in [-0.2, -0.15) is 0 Å². The number of nitrogens with two attached hydrogens (primary N) is 2. The summed E-state index contributed by atoms with van der Waals surface area (Å²) in [5.74, 6) is 0.765. The number of hydrogen-bond acceptors (Lipinski definition) is 6. The van der Waals surface area contributed by atoms with Crippen molar-refractivity contribution in [2.75, 3.05) is 6.73 Å². The maximum absolute atomic E-state index is 12.4. The molecule has 2 atom stereocenters. The fraction of sp³-hybridized carbons (Fsp3) is 0.267. The first-order valence-corrected chi connectivity index (χ1v) is 13.9. The van der Waals surface area contributed by atoms with E-state index in [-0.39, 0.29) is 24.7 Å². The van der Waals surface area contributed by atoms with E-state index in [2.05, 4.69) is 14.5 Å². The number of nitrogens with one attached hydrogen (secondary N) is 1. The maximum Gasteiger partial charge on any atom is 0.249 e. The van der Waals surface area contributed by atoms with Gasteiger partial charge < -0.3 is 25.7 Å². The van der Waals surface area contributed by atoms with E-state index in [9.17, 15) is 9.59 Å². The van der Waals surface area contributed by atoms with Crippen LogP contribution in [0.15, 0.2) is 59.7 Å². The predicted octanol–water partition coefficient (Wildman–Crippen LogP) is 4.45. The van der Waals surface area contributed by atoms with Gasteiger partial charge in [0, 0.05) is 22.7 Å². The van der Waals surface area contributed by atoms with Crippen LogP contribution in [0.3, 0.4) is 0 Å². The maximum atomic E-state index is 12.4. The number of amides is 2. The molecule has 2 amide bonds. The van der Waals surface area contributed by atoms with Crippen LogP contribution >= 0.6 is 11.6 Å². The fourth-order valence-electron chi connectivity index (χ4n) is 5.54. The number of fused-ring (bicyclic) bond motifs is 1. The molecule has 2 aromatic carbocycles. The number of aliphatic imine (C=N–C) groups is 1. The lowest BCUT2D eigenvalue weighted by atomic mass is 9.89. The van der Waals surface area contributed by atoms with E-state index in [1.807, 2.05) is 25.1 Å². The highest BCUT2D eigenvalue weighted by molar-refractivity contribution is 6.30. The van der Waals surface area contributed by atoms with Crippen LogP contribution in [-0.2, 0) is 4.79 Å². The average Bonchev–Trinajstić information content (AvgIpc) is 3.37. The number of pyridine rings is 1. The highest BCUT2D eigenvalue weighted by Gasteiger charge is 2.31. The minimum absolute atomic E-state index is 0.0828. The Balaban J connectivity index is 1.54. The average molecular weight is 587 g/mol. The van der Waals surface area contributed by atoms with Crippen LogP contribution in [-0.4, -0.2) is 56.7 Å². The van der Waals surface area contributed by atoms with Gasteiger partial charge in [0.15, 0.2) is 12.6 Å². The quantitative estimate of drug-likeness (QED) is 0.107. The van der Waals surface area contributed by atoms with E-state index in [1.54, 1.807) is 41.4 Å². The molecule has 216 valence electrons. The first-order valence-electron chi connectivity index (χ1n) is 13.5. The molecule has 4 aromatic rings. The first kappa shape index (κ1) is 28.7. The lowest BCUT2D eigenvalue weighted by Crippen LogP contribution is -2.40. The Morgan fingerprint density at radius 2 is 2.05 bits per heavy atom. The summed E-state index contributed by atoms with van der Waals surface area (Å²) in [6.07, 6.45) is 6.39. The Bertz CT molecular complexity index is 1680. The molecule has 2 aromatic heterocycles. The van der Waals surface area contributed by atoms with E-state index < -0.39 is 5.91 Å². The third-order valence-corrected chi connectivity index (χ3v) is 7.80. The summed E-state index contributed by atoms with van der Waals surface area (Å²) in [5, 5.41) is 7.91. The highest BCUT2D eigenvalue weighted by atomic mass is 35.5. The number of aryl methyl sites for hydroxylation is 1. The lowest BCUT2D eigenvalue weighted by Gasteiger charge is -2.36. The second kappa shape index (κ2) is 12.4. The van der Waals surface area contributed by atoms with Crippen LogP contribution in [0.4, 0.5) is 0 Å². The van der Waals surface area contributed by atoms with Gasteiger partial charge in [0.05, 0.1) is 17.3 Å². The van der Waals surface area contributed by atoms with Gasteiger partial charge in [-0.3, -0.25) is 20.0 Å². The molecule has 11 nitrogen and oxygen atoms in total. The van der Waals surface area contributed by atoms with Gasteiger partial charge in [-0.25, -0.2) is 9.98 Å². The zero-order chi connectivity index (χ0) is 29.8. The molecule has 0 bridgehead atoms. The minimum atomic E-state index is -0.561. The second-order valence-corrected chi connectivity index (χ2v) is 10.6. The van der Waals surface area contributed by atoms with Gasteiger partial charge in [-0.05, 0) is 68.5 Å². The van der Waals surface area contributed by atoms with E-state index >= 15 is 0 Å². The molecule has 0 spiro atoms. The number of ether oxygens (including phenoxy) is 1. The van der Waals surface area contributed by atoms with Crippen molar-refractivity contribution in [3.63, 3.8) is 0 Å². The van der Waals surface area contributed by atoms with Gasteiger partial charge in [0.2, 0.25) is 12.3 Å². The first-order chi connectivity index (χ1) is 20.3. The molecular weight excluding hydrogens is 556 g/mol. The molecule has 1 fully saturated rings. The van der Waals surface area contributed by atoms with Crippen LogP contribution in [0.1, 0.15) is 53.3 Å². The molecule has 0 saturated heterocycles. The number of benzene rings is 2. The molecule has 42 heavy (non-hydrogen) atoms. The summed E-state index contributed by atoms with van der Waals surface area (Å²) < 4.78 is 8.09. The Kier molecular flexibility index (Phi) is 8.48. The normalized spacial score (nSPS) is 17.1. The number of carbonyl (C=O) groups excluding carboxylic acids is 2. The highest BCUT2D eigenvalue weighted by Crippen LogP contribution is 2.38. The second-order valence-electron chi connectivity index (χ2n) is 10.2. The Labute approximate surface area is 247 Å². The third kappa shape index (κ3) is 5.82. The molecule has 1 saturated carbocycles. The Morgan fingerprint density at radius 3 is 2.79 bits per heavy atom. The van der Waals surface area contributed by atoms with Crippen molar-refractivity contribution in [3.8, 4) is 17.1 Å². The van der Waals surface area contributed by atoms with E-state index in [4.69, 9.17) is 38.2 Å². The van der Waals surface area contributed by atoms with Crippen molar-refractivity contribution in [3.05, 3.63) is 76.6 Å². The summed E-state index contributed by atoms with van der Waals surface area (Å²) >= 11 is 6.08.